The highest BCUT2D eigenvalue weighted by atomic mass is 16.5. The van der Waals surface area contributed by atoms with Crippen molar-refractivity contribution in [2.45, 2.75) is 32.3 Å². The van der Waals surface area contributed by atoms with Gasteiger partial charge in [-0.25, -0.2) is 0 Å². The summed E-state index contributed by atoms with van der Waals surface area (Å²) in [7, 11) is 0. The number of hydrogen-bond donors (Lipinski definition) is 0. The fourth-order valence-electron chi connectivity index (χ4n) is 3.91. The minimum Gasteiger partial charge on any atom is -0.489 e. The van der Waals surface area contributed by atoms with Crippen molar-refractivity contribution in [2.75, 3.05) is 24.5 Å². The summed E-state index contributed by atoms with van der Waals surface area (Å²) in [5, 5.41) is 0. The Kier molecular flexibility index (Phi) is 5.28. The maximum atomic E-state index is 12.9. The van der Waals surface area contributed by atoms with Crippen LogP contribution in [0.15, 0.2) is 48.8 Å². The standard InChI is InChI=1S/C22H25N3O3/c1-16-4-6-18(7-5-16)25-15-17(13-21(25)26)22(27)24-11-8-19(9-12-24)28-20-3-2-10-23-14-20/h2-7,10,14,17,19H,8-9,11-13,15H2,1H3. The van der Waals surface area contributed by atoms with Crippen molar-refractivity contribution in [3.8, 4) is 5.75 Å². The quantitative estimate of drug-likeness (QED) is 0.820. The Hall–Kier alpha value is -2.89. The third kappa shape index (κ3) is 4.01. The van der Waals surface area contributed by atoms with Crippen LogP contribution in [0.3, 0.4) is 0 Å². The molecule has 1 atom stereocenters. The zero-order chi connectivity index (χ0) is 19.5. The predicted molar refractivity (Wildman–Crippen MR) is 106 cm³/mol. The van der Waals surface area contributed by atoms with Crippen molar-refractivity contribution in [3.63, 3.8) is 0 Å². The maximum absolute atomic E-state index is 12.9. The van der Waals surface area contributed by atoms with Gasteiger partial charge < -0.3 is 14.5 Å². The highest BCUT2D eigenvalue weighted by Gasteiger charge is 2.38. The van der Waals surface area contributed by atoms with Crippen molar-refractivity contribution in [1.82, 2.24) is 9.88 Å². The number of aryl methyl sites for hydroxylation is 1. The smallest absolute Gasteiger partial charge is 0.228 e. The molecule has 1 unspecified atom stereocenters. The molecule has 6 heteroatoms. The van der Waals surface area contributed by atoms with E-state index in [0.29, 0.717) is 26.1 Å². The molecular formula is C22H25N3O3. The van der Waals surface area contributed by atoms with E-state index in [1.54, 1.807) is 17.3 Å². The molecule has 0 saturated carbocycles. The summed E-state index contributed by atoms with van der Waals surface area (Å²) in [6.45, 7) is 3.81. The van der Waals surface area contributed by atoms with Crippen LogP contribution in [0.4, 0.5) is 5.69 Å². The van der Waals surface area contributed by atoms with Gasteiger partial charge >= 0.3 is 0 Å². The van der Waals surface area contributed by atoms with Crippen molar-refractivity contribution < 1.29 is 14.3 Å². The third-order valence-corrected chi connectivity index (χ3v) is 5.51. The van der Waals surface area contributed by atoms with E-state index in [9.17, 15) is 9.59 Å². The van der Waals surface area contributed by atoms with E-state index in [-0.39, 0.29) is 23.8 Å². The number of nitrogens with zero attached hydrogens (tertiary/aromatic N) is 3. The molecule has 0 aliphatic carbocycles. The Morgan fingerprint density at radius 1 is 1.14 bits per heavy atom. The van der Waals surface area contributed by atoms with Crippen molar-refractivity contribution in [3.05, 3.63) is 54.4 Å². The minimum atomic E-state index is -0.260. The first kappa shape index (κ1) is 18.5. The largest absolute Gasteiger partial charge is 0.489 e. The van der Waals surface area contributed by atoms with Gasteiger partial charge in [0.25, 0.3) is 0 Å². The van der Waals surface area contributed by atoms with Gasteiger partial charge in [0.15, 0.2) is 0 Å². The van der Waals surface area contributed by atoms with E-state index in [0.717, 1.165) is 29.8 Å². The van der Waals surface area contributed by atoms with Gasteiger partial charge in [-0.15, -0.1) is 0 Å². The fraction of sp³-hybridized carbons (Fsp3) is 0.409. The molecular weight excluding hydrogens is 354 g/mol. The molecule has 3 heterocycles. The van der Waals surface area contributed by atoms with Crippen LogP contribution in [0.25, 0.3) is 0 Å². The number of hydrogen-bond acceptors (Lipinski definition) is 4. The Morgan fingerprint density at radius 3 is 2.57 bits per heavy atom. The summed E-state index contributed by atoms with van der Waals surface area (Å²) in [4.78, 5) is 33.1. The van der Waals surface area contributed by atoms with Crippen LogP contribution in [-0.2, 0) is 9.59 Å². The van der Waals surface area contributed by atoms with Gasteiger partial charge in [-0.3, -0.25) is 14.6 Å². The number of benzene rings is 1. The van der Waals surface area contributed by atoms with E-state index in [1.165, 1.54) is 0 Å². The van der Waals surface area contributed by atoms with Crippen LogP contribution >= 0.6 is 0 Å². The van der Waals surface area contributed by atoms with Crippen LogP contribution in [0.5, 0.6) is 5.75 Å². The normalized spacial score (nSPS) is 20.5. The topological polar surface area (TPSA) is 62.7 Å². The lowest BCUT2D eigenvalue weighted by Crippen LogP contribution is -2.44. The van der Waals surface area contributed by atoms with E-state index in [2.05, 4.69) is 4.98 Å². The average Bonchev–Trinajstić information content (AvgIpc) is 3.11. The number of likely N-dealkylation sites (tertiary alicyclic amines) is 1. The molecule has 146 valence electrons. The summed E-state index contributed by atoms with van der Waals surface area (Å²) in [5.74, 6) is 0.617. The number of pyridine rings is 1. The fourth-order valence-corrected chi connectivity index (χ4v) is 3.91. The lowest BCUT2D eigenvalue weighted by Gasteiger charge is -2.33. The molecule has 2 aromatic rings. The number of amides is 2. The lowest BCUT2D eigenvalue weighted by atomic mass is 10.0. The van der Waals surface area contributed by atoms with Gasteiger partial charge in [0.1, 0.15) is 11.9 Å². The van der Waals surface area contributed by atoms with Gasteiger partial charge in [0.05, 0.1) is 12.1 Å². The van der Waals surface area contributed by atoms with Crippen LogP contribution in [0, 0.1) is 12.8 Å². The number of anilines is 1. The van der Waals surface area contributed by atoms with Crippen molar-refractivity contribution >= 4 is 17.5 Å². The average molecular weight is 379 g/mol. The zero-order valence-corrected chi connectivity index (χ0v) is 16.1. The molecule has 2 saturated heterocycles. The molecule has 0 radical (unpaired) electrons. The maximum Gasteiger partial charge on any atom is 0.228 e. The summed E-state index contributed by atoms with van der Waals surface area (Å²) in [6, 6.07) is 11.6. The van der Waals surface area contributed by atoms with Crippen LogP contribution < -0.4 is 9.64 Å². The number of piperidine rings is 1. The van der Waals surface area contributed by atoms with Gasteiger partial charge in [-0.2, -0.15) is 0 Å². The molecule has 1 aromatic heterocycles. The molecule has 1 aromatic carbocycles. The second kappa shape index (κ2) is 8.00. The second-order valence-electron chi connectivity index (χ2n) is 7.57. The van der Waals surface area contributed by atoms with Crippen LogP contribution in [0.1, 0.15) is 24.8 Å². The molecule has 0 bridgehead atoms. The van der Waals surface area contributed by atoms with Crippen molar-refractivity contribution in [1.29, 1.82) is 0 Å². The van der Waals surface area contributed by atoms with Gasteiger partial charge in [0, 0.05) is 50.8 Å². The molecule has 2 amide bonds. The van der Waals surface area contributed by atoms with E-state index in [4.69, 9.17) is 4.74 Å². The Balaban J connectivity index is 1.32. The Bertz CT molecular complexity index is 830. The molecule has 2 aliphatic rings. The summed E-state index contributed by atoms with van der Waals surface area (Å²) in [5.41, 5.74) is 2.02. The number of carbonyl (C=O) groups excluding carboxylic acids is 2. The molecule has 28 heavy (non-hydrogen) atoms. The predicted octanol–water partition coefficient (Wildman–Crippen LogP) is 2.81. The first-order valence-electron chi connectivity index (χ1n) is 9.82. The van der Waals surface area contributed by atoms with E-state index >= 15 is 0 Å². The van der Waals surface area contributed by atoms with Gasteiger partial charge in [-0.05, 0) is 31.2 Å². The molecule has 6 nitrogen and oxygen atoms in total. The van der Waals surface area contributed by atoms with Gasteiger partial charge in [0.2, 0.25) is 11.8 Å². The molecule has 0 N–H and O–H groups in total. The molecule has 2 aliphatic heterocycles. The van der Waals surface area contributed by atoms with Crippen LogP contribution in [0.2, 0.25) is 0 Å². The highest BCUT2D eigenvalue weighted by Crippen LogP contribution is 2.28. The first-order valence-corrected chi connectivity index (χ1v) is 9.82. The van der Waals surface area contributed by atoms with E-state index in [1.807, 2.05) is 48.2 Å². The summed E-state index contributed by atoms with van der Waals surface area (Å²) < 4.78 is 5.95. The zero-order valence-electron chi connectivity index (χ0n) is 16.1. The van der Waals surface area contributed by atoms with Crippen LogP contribution in [-0.4, -0.2) is 47.4 Å². The number of aromatic nitrogens is 1. The Morgan fingerprint density at radius 2 is 1.89 bits per heavy atom. The lowest BCUT2D eigenvalue weighted by molar-refractivity contribution is -0.137. The monoisotopic (exact) mass is 379 g/mol. The van der Waals surface area contributed by atoms with Gasteiger partial charge in [-0.1, -0.05) is 17.7 Å². The summed E-state index contributed by atoms with van der Waals surface area (Å²) in [6.07, 6.45) is 5.41. The summed E-state index contributed by atoms with van der Waals surface area (Å²) >= 11 is 0. The number of ether oxygens (including phenoxy) is 1. The van der Waals surface area contributed by atoms with E-state index < -0.39 is 0 Å². The molecule has 2 fully saturated rings. The minimum absolute atomic E-state index is 0.0250. The van der Waals surface area contributed by atoms with Crippen molar-refractivity contribution in [2.24, 2.45) is 5.92 Å². The molecule has 0 spiro atoms. The number of carbonyl (C=O) groups is 2. The SMILES string of the molecule is Cc1ccc(N2CC(C(=O)N3CCC(Oc4cccnc4)CC3)CC2=O)cc1. The molecule has 4 rings (SSSR count). The Labute approximate surface area is 165 Å². The number of rotatable bonds is 4. The third-order valence-electron chi connectivity index (χ3n) is 5.51. The highest BCUT2D eigenvalue weighted by molar-refractivity contribution is 6.00. The first-order chi connectivity index (χ1) is 13.6. The second-order valence-corrected chi connectivity index (χ2v) is 7.57.